The molecule has 3 aromatic heterocycles. The predicted molar refractivity (Wildman–Crippen MR) is 111 cm³/mol. The third-order valence-corrected chi connectivity index (χ3v) is 5.94. The van der Waals surface area contributed by atoms with Gasteiger partial charge in [-0.05, 0) is 25.0 Å². The summed E-state index contributed by atoms with van der Waals surface area (Å²) in [7, 11) is 0. The van der Waals surface area contributed by atoms with Crippen LogP contribution in [0.1, 0.15) is 24.2 Å². The van der Waals surface area contributed by atoms with E-state index < -0.39 is 11.4 Å². The molecule has 0 bridgehead atoms. The Labute approximate surface area is 171 Å². The average Bonchev–Trinajstić information content (AvgIpc) is 3.23. The first kappa shape index (κ1) is 20.2. The molecule has 0 saturated carbocycles. The van der Waals surface area contributed by atoms with Crippen LogP contribution in [0.4, 0.5) is 5.82 Å². The summed E-state index contributed by atoms with van der Waals surface area (Å²) in [6.07, 6.45) is 2.92. The number of carbonyl (C=O) groups is 1. The third kappa shape index (κ3) is 3.25. The topological polar surface area (TPSA) is 114 Å². The molecular weight excluding hydrogens is 402 g/mol. The highest BCUT2D eigenvalue weighted by Gasteiger charge is 2.37. The largest absolute Gasteiger partial charge is 0.477 e. The molecule has 148 valence electrons. The van der Waals surface area contributed by atoms with E-state index in [0.717, 1.165) is 6.54 Å². The van der Waals surface area contributed by atoms with Gasteiger partial charge < -0.3 is 15.7 Å². The van der Waals surface area contributed by atoms with Crippen LogP contribution in [0, 0.1) is 5.92 Å². The summed E-state index contributed by atoms with van der Waals surface area (Å²) >= 11 is 1.34. The molecule has 0 aromatic carbocycles. The average molecular weight is 422 g/mol. The summed E-state index contributed by atoms with van der Waals surface area (Å²) < 4.78 is 1.56. The summed E-state index contributed by atoms with van der Waals surface area (Å²) in [6, 6.07) is 3.38. The third-order valence-electron chi connectivity index (χ3n) is 5.17. The number of aromatic carboxylic acids is 1. The van der Waals surface area contributed by atoms with Crippen LogP contribution in [-0.4, -0.2) is 44.2 Å². The maximum Gasteiger partial charge on any atom is 0.341 e. The summed E-state index contributed by atoms with van der Waals surface area (Å²) in [6.45, 7) is 5.54. The van der Waals surface area contributed by atoms with Gasteiger partial charge in [0.25, 0.3) is 0 Å². The molecule has 4 rings (SSSR count). The van der Waals surface area contributed by atoms with Gasteiger partial charge in [-0.3, -0.25) is 9.36 Å². The van der Waals surface area contributed by atoms with Crippen molar-refractivity contribution in [2.75, 3.05) is 18.0 Å². The number of aromatic nitrogens is 3. The molecule has 1 fully saturated rings. The van der Waals surface area contributed by atoms with Crippen LogP contribution >= 0.6 is 23.7 Å². The second-order valence-electron chi connectivity index (χ2n) is 7.19. The summed E-state index contributed by atoms with van der Waals surface area (Å²) in [5.41, 5.74) is 5.55. The molecule has 2 atom stereocenters. The van der Waals surface area contributed by atoms with Gasteiger partial charge >= 0.3 is 5.97 Å². The number of hydrogen-bond donors (Lipinski definition) is 2. The van der Waals surface area contributed by atoms with Gasteiger partial charge in [-0.15, -0.1) is 23.7 Å². The lowest BCUT2D eigenvalue weighted by Crippen LogP contribution is -2.43. The highest BCUT2D eigenvalue weighted by atomic mass is 35.5. The first-order valence-electron chi connectivity index (χ1n) is 8.51. The Bertz CT molecular complexity index is 1100. The van der Waals surface area contributed by atoms with Gasteiger partial charge in [0.1, 0.15) is 11.4 Å². The van der Waals surface area contributed by atoms with E-state index in [4.69, 9.17) is 5.73 Å². The zero-order chi connectivity index (χ0) is 19.3. The number of rotatable bonds is 3. The van der Waals surface area contributed by atoms with Crippen LogP contribution in [0.3, 0.4) is 0 Å². The van der Waals surface area contributed by atoms with Crippen molar-refractivity contribution in [2.45, 2.75) is 19.4 Å². The molecule has 0 amide bonds. The van der Waals surface area contributed by atoms with E-state index in [1.165, 1.54) is 17.5 Å². The normalized spacial score (nSPS) is 21.7. The molecule has 1 saturated heterocycles. The lowest BCUT2D eigenvalue weighted by molar-refractivity contribution is 0.0695. The van der Waals surface area contributed by atoms with Crippen molar-refractivity contribution in [2.24, 2.45) is 11.7 Å². The second-order valence-corrected chi connectivity index (χ2v) is 8.06. The van der Waals surface area contributed by atoms with Crippen LogP contribution in [0.5, 0.6) is 0 Å². The minimum atomic E-state index is -1.27. The lowest BCUT2D eigenvalue weighted by Gasteiger charge is -2.22. The summed E-state index contributed by atoms with van der Waals surface area (Å²) in [5, 5.41) is 12.0. The molecule has 3 aromatic rings. The van der Waals surface area contributed by atoms with Crippen LogP contribution < -0.4 is 16.1 Å². The van der Waals surface area contributed by atoms with E-state index in [2.05, 4.69) is 21.8 Å². The van der Waals surface area contributed by atoms with Gasteiger partial charge in [-0.2, -0.15) is 0 Å². The Hall–Kier alpha value is -2.49. The van der Waals surface area contributed by atoms with Gasteiger partial charge in [-0.25, -0.2) is 14.8 Å². The Morgan fingerprint density at radius 1 is 1.43 bits per heavy atom. The number of hydrogen-bond acceptors (Lipinski definition) is 7. The van der Waals surface area contributed by atoms with Crippen molar-refractivity contribution >= 4 is 46.6 Å². The van der Waals surface area contributed by atoms with E-state index >= 15 is 0 Å². The van der Waals surface area contributed by atoms with Crippen molar-refractivity contribution in [3.8, 4) is 5.13 Å². The number of nitrogens with zero attached hydrogens (tertiary/aromatic N) is 4. The van der Waals surface area contributed by atoms with Crippen molar-refractivity contribution in [1.82, 2.24) is 14.5 Å². The number of thiazole rings is 1. The molecular formula is C18H20ClN5O3S. The number of nitrogens with two attached hydrogens (primary N) is 1. The van der Waals surface area contributed by atoms with Gasteiger partial charge in [0, 0.05) is 36.4 Å². The van der Waals surface area contributed by atoms with E-state index in [1.807, 2.05) is 6.92 Å². The van der Waals surface area contributed by atoms with Gasteiger partial charge in [0.05, 0.1) is 5.39 Å². The standard InChI is InChI=1S/C18H19N5O3S.ClH/c1-10-7-22(9-18(10,2)19)13-4-3-11-14(24)12(16(25)26)8-23(15(11)21-13)17-20-5-6-27-17;/h3-6,8,10H,7,9,19H2,1-2H3,(H,25,26);1H/t10-,18-;/m0./s1. The molecule has 1 aliphatic rings. The van der Waals surface area contributed by atoms with Gasteiger partial charge in [0.2, 0.25) is 5.43 Å². The summed E-state index contributed by atoms with van der Waals surface area (Å²) in [4.78, 5) is 35.1. The van der Waals surface area contributed by atoms with E-state index in [9.17, 15) is 14.7 Å². The van der Waals surface area contributed by atoms with E-state index in [0.29, 0.717) is 29.1 Å². The Kier molecular flexibility index (Phi) is 5.18. The Morgan fingerprint density at radius 2 is 2.18 bits per heavy atom. The smallest absolute Gasteiger partial charge is 0.341 e. The van der Waals surface area contributed by atoms with Crippen LogP contribution in [-0.2, 0) is 0 Å². The Morgan fingerprint density at radius 3 is 2.75 bits per heavy atom. The number of carboxylic acids is 1. The van der Waals surface area contributed by atoms with Crippen molar-refractivity contribution in [3.05, 3.63) is 45.7 Å². The monoisotopic (exact) mass is 421 g/mol. The van der Waals surface area contributed by atoms with Crippen molar-refractivity contribution in [3.63, 3.8) is 0 Å². The minimum Gasteiger partial charge on any atom is -0.477 e. The first-order chi connectivity index (χ1) is 12.8. The number of fused-ring (bicyclic) bond motifs is 1. The quantitative estimate of drug-likeness (QED) is 0.665. The molecule has 0 unspecified atom stereocenters. The van der Waals surface area contributed by atoms with Crippen molar-refractivity contribution < 1.29 is 9.90 Å². The van der Waals surface area contributed by atoms with Crippen LogP contribution in [0.15, 0.2) is 34.7 Å². The minimum absolute atomic E-state index is 0. The number of carboxylic acid groups (broad SMARTS) is 1. The molecule has 1 aliphatic heterocycles. The zero-order valence-corrected chi connectivity index (χ0v) is 17.0. The maximum atomic E-state index is 12.6. The van der Waals surface area contributed by atoms with E-state index in [-0.39, 0.29) is 28.9 Å². The highest BCUT2D eigenvalue weighted by Crippen LogP contribution is 2.29. The van der Waals surface area contributed by atoms with Gasteiger partial charge in [-0.1, -0.05) is 6.92 Å². The van der Waals surface area contributed by atoms with Gasteiger partial charge in [0.15, 0.2) is 10.8 Å². The molecule has 0 radical (unpaired) electrons. The molecule has 0 spiro atoms. The lowest BCUT2D eigenvalue weighted by atomic mass is 9.92. The predicted octanol–water partition coefficient (Wildman–Crippen LogP) is 2.14. The highest BCUT2D eigenvalue weighted by molar-refractivity contribution is 7.12. The molecule has 3 N–H and O–H groups in total. The fourth-order valence-electron chi connectivity index (χ4n) is 3.35. The van der Waals surface area contributed by atoms with Crippen molar-refractivity contribution in [1.29, 1.82) is 0 Å². The van der Waals surface area contributed by atoms with Crippen LogP contribution in [0.2, 0.25) is 0 Å². The molecule has 8 nitrogen and oxygen atoms in total. The van der Waals surface area contributed by atoms with Crippen LogP contribution in [0.25, 0.3) is 16.2 Å². The number of halogens is 1. The van der Waals surface area contributed by atoms with E-state index in [1.54, 1.807) is 28.3 Å². The molecule has 0 aliphatic carbocycles. The SMILES string of the molecule is C[C@H]1CN(c2ccc3c(=O)c(C(=O)O)cn(-c4nccs4)c3n2)C[C@]1(C)N.Cl. The Balaban J connectivity index is 0.00000225. The maximum absolute atomic E-state index is 12.6. The zero-order valence-electron chi connectivity index (χ0n) is 15.3. The second kappa shape index (κ2) is 7.16. The summed E-state index contributed by atoms with van der Waals surface area (Å²) in [5.74, 6) is -0.273. The molecule has 10 heteroatoms. The fraction of sp³-hybridized carbons (Fsp3) is 0.333. The fourth-order valence-corrected chi connectivity index (χ4v) is 3.97. The molecule has 4 heterocycles. The first-order valence-corrected chi connectivity index (χ1v) is 9.39. The number of anilines is 1. The number of pyridine rings is 2. The molecule has 28 heavy (non-hydrogen) atoms.